The molecule has 14 rings (SSSR count). The van der Waals surface area contributed by atoms with Crippen molar-refractivity contribution in [3.05, 3.63) is 85.4 Å². The third-order valence-corrected chi connectivity index (χ3v) is 27.2. The van der Waals surface area contributed by atoms with E-state index in [2.05, 4.69) is 19.3 Å². The smallest absolute Gasteiger partial charge is 0.342 e. The van der Waals surface area contributed by atoms with Gasteiger partial charge in [0.15, 0.2) is 79.1 Å². The van der Waals surface area contributed by atoms with Crippen molar-refractivity contribution >= 4 is 47.2 Å². The molecule has 11 fully saturated rings. The van der Waals surface area contributed by atoms with Gasteiger partial charge in [0.05, 0.1) is 87.0 Å². The topological polar surface area (TPSA) is 495 Å². The molecule has 3 aromatic rings. The second-order valence-corrected chi connectivity index (χ2v) is 36.3. The Kier molecular flexibility index (Phi) is 31.9. The Labute approximate surface area is 761 Å². The van der Waals surface area contributed by atoms with E-state index >= 15 is 0 Å². The monoisotopic (exact) mass is 1890 g/mol. The molecule has 0 bridgehead atoms. The fourth-order valence-electron chi connectivity index (χ4n) is 19.4. The molecule has 40 nitrogen and oxygen atoms in total. The zero-order valence-corrected chi connectivity index (χ0v) is 76.9. The Hall–Kier alpha value is -5.61. The Bertz CT molecular complexity index is 4430. The molecular weight excluding hydrogens is 1770 g/mol. The number of rotatable bonds is 31. The number of esters is 2. The van der Waals surface area contributed by atoms with E-state index in [1.807, 2.05) is 39.0 Å². The lowest BCUT2D eigenvalue weighted by atomic mass is 9.85. The second-order valence-electron chi connectivity index (χ2n) is 35.6. The third kappa shape index (κ3) is 20.1. The maximum absolute atomic E-state index is 14.7. The average Bonchev–Trinajstić information content (AvgIpc) is 1.56. The highest BCUT2D eigenvalue weighted by Gasteiger charge is 2.70. The van der Waals surface area contributed by atoms with Crippen LogP contribution >= 0.6 is 23.2 Å². The van der Waals surface area contributed by atoms with Crippen LogP contribution in [0.5, 0.6) is 23.0 Å². The van der Waals surface area contributed by atoms with Gasteiger partial charge in [-0.2, -0.15) is 5.48 Å². The zero-order chi connectivity index (χ0) is 93.8. The number of phenols is 3. The lowest BCUT2D eigenvalue weighted by Crippen LogP contribution is -2.68. The van der Waals surface area contributed by atoms with Crippen LogP contribution in [-0.4, -0.2) is 339 Å². The van der Waals surface area contributed by atoms with E-state index in [0.29, 0.717) is 17.9 Å². The van der Waals surface area contributed by atoms with Gasteiger partial charge in [-0.3, -0.25) is 9.63 Å². The second kappa shape index (κ2) is 41.4. The normalized spacial score (nSPS) is 41.3. The lowest BCUT2D eigenvalue weighted by Gasteiger charge is -2.50. The van der Waals surface area contributed by atoms with Crippen LogP contribution in [-0.2, 0) is 128 Å². The number of methoxy groups -OCH3 is 5. The number of nitrogens with one attached hydrogen (secondary N) is 1. The molecule has 3 aromatic carbocycles. The van der Waals surface area contributed by atoms with Gasteiger partial charge in [-0.1, -0.05) is 85.5 Å². The van der Waals surface area contributed by atoms with Crippen molar-refractivity contribution in [2.75, 3.05) is 62.2 Å². The summed E-state index contributed by atoms with van der Waals surface area (Å²) in [5.74, 6) is -8.56. The third-order valence-electron chi connectivity index (χ3n) is 26.4. The molecule has 2 unspecified atom stereocenters. The summed E-state index contributed by atoms with van der Waals surface area (Å²) in [6.45, 7) is 19.9. The molecule has 11 aliphatic heterocycles. The number of halogens is 2. The van der Waals surface area contributed by atoms with Crippen LogP contribution in [0.3, 0.4) is 0 Å². The number of carboxylic acids is 1. The fraction of sp³-hybridized carbons (Fsp3) is 0.739. The number of hydroxylamine groups is 1. The van der Waals surface area contributed by atoms with E-state index in [1.54, 1.807) is 60.8 Å². The quantitative estimate of drug-likeness (QED) is 0.0204. The van der Waals surface area contributed by atoms with Gasteiger partial charge in [-0.15, -0.1) is 0 Å². The van der Waals surface area contributed by atoms with Crippen molar-refractivity contribution in [2.45, 2.75) is 348 Å². The SMILES string of the molecule is CCC(C)CCC(ON[C@@]1(C)C[C@H](O[C@@H]2C[C@H](O[C@@H]3[C@H](O)C[C@]4(O[C@@H]5[C@@H](C)O[C@@H](O[C@H]6[C@@H](O)[C@H](O[C@@H]7[C@H](O)[C@H](OC)[C@H](O[C@@H]8OC[C@@H]9O[C@@]%10(OC[C@@H](OC(=O)c%11c(C)ccc(O)c%11O)[C@@H]%11OCO[C@H]%11%10)O[C@@H]9[C@H]8O)O[C@@H]7COC)O[C@H](C)[C@@H]6OC)[C@@H](O)[C@]5(C)O4)O[C@@H]3C)O[C@H](C)[C@H]2OC(=O)c2c(C)c(Cl)c(O)c(Cl)c2OC)O[C@@H](C)[C@@H]1OC)c1cc(C)ccc1/C=C\CC(=O)O. The molecule has 11 saturated heterocycles. The number of hydrogen-bond acceptors (Lipinski definition) is 39. The van der Waals surface area contributed by atoms with Crippen LogP contribution in [0.2, 0.25) is 10.0 Å². The summed E-state index contributed by atoms with van der Waals surface area (Å²) in [5, 5.41) is 102. The van der Waals surface area contributed by atoms with Crippen molar-refractivity contribution in [3.63, 3.8) is 0 Å². The zero-order valence-electron chi connectivity index (χ0n) is 75.4. The number of phenolic OH excluding ortho intramolecular Hbond substituents is 3. The number of hydrogen-bond donors (Lipinski definition) is 10. The standard InChI is InChI=1S/C88H123Cl2NO39/c1-18-36(2)23-27-49(46-28-37(3)22-25-45(46)20-19-21-54(94)95)129-91-85(11)31-56(114-43(9)76(85)108-17)117-50-29-55(113-40(6)67(50)121-80(103)58-39(5)59(89)62(97)60(90)72(58)106-15)120-66-42(8)125-87(30-48(66)93)128-77-44(10)116-84(75(101)86(77,12)130-87)123-73-65(100)82(115-41(7)68(73)105-14)122-69-51(32-104-13)119-83(74(107-16)63(69)98)124-81-64(99)70-53(33-109-81)126-88(127-70)78-71(110-35-111-78)52(34-112-88)118-79(102)57-38(4)24-26-47(92)61(57)96/h19-20,22,24-26,28,36,40-44,48-53,55-56,63-71,73-78,81-84,91-93,96-101H,18,21,23,27,29-35H2,1-17H3,(H,94,95)/b20-19-/t36?,40-,41-,42-,43+,44-,48-,49?,50-,51-,52-,53+,55+,56+,63+,64-,65-,66+,67-,68+,69+,70+,71+,73+,74+,75-,76+,77-,78-,81+,82+,83+,84+,85+,86+,87-,88-/m1/s1. The number of carbonyl (C=O) groups is 3. The van der Waals surface area contributed by atoms with Gasteiger partial charge in [-0.05, 0) is 116 Å². The van der Waals surface area contributed by atoms with Crippen LogP contribution < -0.4 is 10.2 Å². The van der Waals surface area contributed by atoms with Crippen molar-refractivity contribution < 1.29 is 188 Å². The number of aryl methyl sites for hydroxylation is 2. The van der Waals surface area contributed by atoms with Crippen molar-refractivity contribution in [2.24, 2.45) is 5.92 Å². The van der Waals surface area contributed by atoms with Crippen LogP contribution in [0.15, 0.2) is 36.4 Å². The largest absolute Gasteiger partial charge is 0.505 e. The molecule has 0 amide bonds. The van der Waals surface area contributed by atoms with Gasteiger partial charge < -0.3 is 169 Å². The van der Waals surface area contributed by atoms with E-state index in [9.17, 15) is 60.3 Å². The first-order valence-electron chi connectivity index (χ1n) is 43.8. The van der Waals surface area contributed by atoms with Crippen molar-refractivity contribution in [1.82, 2.24) is 5.48 Å². The Balaban J connectivity index is 0.628. The Morgan fingerprint density at radius 2 is 1.35 bits per heavy atom. The molecule has 0 aliphatic carbocycles. The molecule has 0 radical (unpaired) electrons. The number of aromatic hydroxyl groups is 3. The highest BCUT2D eigenvalue weighted by atomic mass is 35.5. The maximum atomic E-state index is 14.7. The number of ether oxygens (including phenoxy) is 26. The Morgan fingerprint density at radius 1 is 0.631 bits per heavy atom. The van der Waals surface area contributed by atoms with Gasteiger partial charge in [0.1, 0.15) is 132 Å². The van der Waals surface area contributed by atoms with Gasteiger partial charge in [0.25, 0.3) is 5.97 Å². The van der Waals surface area contributed by atoms with Gasteiger partial charge in [0.2, 0.25) is 0 Å². The molecule has 11 heterocycles. The molecule has 10 N–H and O–H groups in total. The molecule has 130 heavy (non-hydrogen) atoms. The molecule has 42 heteroatoms. The van der Waals surface area contributed by atoms with E-state index in [1.165, 1.54) is 47.5 Å². The first kappa shape index (κ1) is 100. The summed E-state index contributed by atoms with van der Waals surface area (Å²) >= 11 is 13.1. The van der Waals surface area contributed by atoms with Crippen LogP contribution in [0.25, 0.3) is 6.08 Å². The van der Waals surface area contributed by atoms with Gasteiger partial charge >= 0.3 is 23.9 Å². The first-order chi connectivity index (χ1) is 61.8. The predicted molar refractivity (Wildman–Crippen MR) is 444 cm³/mol. The highest BCUT2D eigenvalue weighted by Crippen LogP contribution is 2.54. The lowest BCUT2D eigenvalue weighted by molar-refractivity contribution is -0.415. The average molecular weight is 1890 g/mol. The summed E-state index contributed by atoms with van der Waals surface area (Å²) in [6.07, 6.45) is -34.7. The minimum absolute atomic E-state index is 0.0720. The first-order valence-corrected chi connectivity index (χ1v) is 44.5. The summed E-state index contributed by atoms with van der Waals surface area (Å²) in [5.41, 5.74) is 3.16. The number of carbonyl (C=O) groups excluding carboxylic acids is 2. The number of aliphatic hydroxyl groups is 5. The van der Waals surface area contributed by atoms with E-state index in [-0.39, 0.29) is 78.4 Å². The fourth-order valence-corrected chi connectivity index (χ4v) is 19.9. The van der Waals surface area contributed by atoms with E-state index < -0.39 is 261 Å². The van der Waals surface area contributed by atoms with Gasteiger partial charge in [-0.25, -0.2) is 9.59 Å². The summed E-state index contributed by atoms with van der Waals surface area (Å²) in [6, 6.07) is 8.59. The van der Waals surface area contributed by atoms with E-state index in [0.717, 1.165) is 29.5 Å². The maximum Gasteiger partial charge on any atom is 0.342 e. The van der Waals surface area contributed by atoms with Crippen molar-refractivity contribution in [3.8, 4) is 23.0 Å². The summed E-state index contributed by atoms with van der Waals surface area (Å²) in [4.78, 5) is 46.6. The molecule has 0 aromatic heterocycles. The summed E-state index contributed by atoms with van der Waals surface area (Å²) < 4.78 is 163. The molecule has 11 aliphatic rings. The number of fused-ring (bicyclic) bond motifs is 4. The summed E-state index contributed by atoms with van der Waals surface area (Å²) in [7, 11) is 6.82. The molecule has 37 atom stereocenters. The van der Waals surface area contributed by atoms with Crippen molar-refractivity contribution in [1.29, 1.82) is 0 Å². The number of aliphatic hydroxyl groups excluding tert-OH is 5. The Morgan fingerprint density at radius 3 is 2.05 bits per heavy atom. The minimum atomic E-state index is -2.07. The number of benzene rings is 3. The predicted octanol–water partition coefficient (Wildman–Crippen LogP) is 5.87. The van der Waals surface area contributed by atoms with Crippen LogP contribution in [0, 0.1) is 26.7 Å². The van der Waals surface area contributed by atoms with Gasteiger partial charge in [0, 0.05) is 41.3 Å². The molecule has 0 saturated carbocycles. The number of carboxylic acid groups (broad SMARTS) is 1. The van der Waals surface area contributed by atoms with E-state index in [4.69, 9.17) is 151 Å². The molecule has 2 spiro atoms. The van der Waals surface area contributed by atoms with Crippen LogP contribution in [0.1, 0.15) is 162 Å². The highest BCUT2D eigenvalue weighted by molar-refractivity contribution is 6.39. The number of aliphatic carboxylic acids is 1. The van der Waals surface area contributed by atoms with Crippen LogP contribution in [0.4, 0.5) is 0 Å². The molecular formula is C88H123Cl2NO39. The molecule has 728 valence electrons. The minimum Gasteiger partial charge on any atom is -0.505 e.